The molecular formula is C19H23BN2. The third kappa shape index (κ3) is 3.74. The molecular weight excluding hydrogens is 267 g/mol. The van der Waals surface area contributed by atoms with Gasteiger partial charge in [0, 0.05) is 28.8 Å². The quantitative estimate of drug-likeness (QED) is 0.491. The van der Waals surface area contributed by atoms with Crippen LogP contribution in [-0.4, -0.2) is 19.5 Å². The Balaban J connectivity index is 1.76. The highest BCUT2D eigenvalue weighted by Gasteiger charge is 2.16. The molecule has 2 aliphatic rings. The summed E-state index contributed by atoms with van der Waals surface area (Å²) in [5.41, 5.74) is 2.84. The van der Waals surface area contributed by atoms with Gasteiger partial charge >= 0.3 is 0 Å². The molecule has 2 N–H and O–H groups in total. The van der Waals surface area contributed by atoms with Crippen molar-refractivity contribution in [1.29, 1.82) is 5.41 Å². The van der Waals surface area contributed by atoms with Gasteiger partial charge in [-0.3, -0.25) is 0 Å². The van der Waals surface area contributed by atoms with Crippen LogP contribution in [0.2, 0.25) is 0 Å². The first-order chi connectivity index (χ1) is 10.7. The van der Waals surface area contributed by atoms with E-state index >= 15 is 0 Å². The molecule has 2 radical (unpaired) electrons. The van der Waals surface area contributed by atoms with Crippen LogP contribution in [0, 0.1) is 23.2 Å². The smallest absolute Gasteiger partial charge is 0.141 e. The van der Waals surface area contributed by atoms with E-state index in [-0.39, 0.29) is 5.61 Å². The van der Waals surface area contributed by atoms with Gasteiger partial charge in [-0.2, -0.15) is 0 Å². The third-order valence-corrected chi connectivity index (χ3v) is 4.80. The largest absolute Gasteiger partial charge is 0.382 e. The minimum absolute atomic E-state index is 0.116. The first-order valence-electron chi connectivity index (χ1n) is 8.49. The average molecular weight is 290 g/mol. The van der Waals surface area contributed by atoms with Gasteiger partial charge in [-0.1, -0.05) is 37.5 Å². The Bertz CT molecular complexity index is 602. The van der Waals surface area contributed by atoms with Gasteiger partial charge in [0.15, 0.2) is 0 Å². The van der Waals surface area contributed by atoms with E-state index < -0.39 is 0 Å². The molecule has 0 amide bonds. The molecule has 3 rings (SSSR count). The van der Waals surface area contributed by atoms with Crippen LogP contribution in [0.3, 0.4) is 0 Å². The lowest BCUT2D eigenvalue weighted by Gasteiger charge is -2.25. The number of hydrogen-bond acceptors (Lipinski definition) is 2. The van der Waals surface area contributed by atoms with Crippen molar-refractivity contribution in [3.63, 3.8) is 0 Å². The second-order valence-electron chi connectivity index (χ2n) is 6.55. The van der Waals surface area contributed by atoms with Crippen molar-refractivity contribution in [2.75, 3.05) is 5.32 Å². The first kappa shape index (κ1) is 15.2. The zero-order chi connectivity index (χ0) is 15.4. The second-order valence-corrected chi connectivity index (χ2v) is 6.55. The van der Waals surface area contributed by atoms with Crippen molar-refractivity contribution >= 4 is 19.1 Å². The van der Waals surface area contributed by atoms with E-state index in [4.69, 9.17) is 13.3 Å². The Morgan fingerprint density at radius 2 is 1.86 bits per heavy atom. The summed E-state index contributed by atoms with van der Waals surface area (Å²) in [7, 11) is 5.78. The fraction of sp³-hybridized carbons (Fsp3) is 0.526. The summed E-state index contributed by atoms with van der Waals surface area (Å²) in [6.45, 7) is 0. The van der Waals surface area contributed by atoms with Gasteiger partial charge < -0.3 is 10.7 Å². The molecule has 0 aliphatic heterocycles. The van der Waals surface area contributed by atoms with Crippen LogP contribution in [0.25, 0.3) is 0 Å². The molecule has 1 aromatic carbocycles. The molecule has 0 bridgehead atoms. The summed E-state index contributed by atoms with van der Waals surface area (Å²) in [6.07, 6.45) is 10.1. The maximum Gasteiger partial charge on any atom is 0.141 e. The summed E-state index contributed by atoms with van der Waals surface area (Å²) in [5, 5.41) is 11.4. The molecule has 0 atom stereocenters. The topological polar surface area (TPSA) is 35.9 Å². The van der Waals surface area contributed by atoms with E-state index in [1.54, 1.807) is 0 Å². The Morgan fingerprint density at radius 1 is 1.09 bits per heavy atom. The summed E-state index contributed by atoms with van der Waals surface area (Å²) in [4.78, 5) is 0. The Labute approximate surface area is 135 Å². The lowest BCUT2D eigenvalue weighted by Crippen LogP contribution is -2.23. The van der Waals surface area contributed by atoms with E-state index in [1.807, 2.05) is 18.2 Å². The molecule has 2 nitrogen and oxygen atoms in total. The fourth-order valence-corrected chi connectivity index (χ4v) is 3.18. The Hall–Kier alpha value is -1.69. The highest BCUT2D eigenvalue weighted by atomic mass is 14.9. The predicted octanol–water partition coefficient (Wildman–Crippen LogP) is 4.08. The van der Waals surface area contributed by atoms with Crippen LogP contribution < -0.4 is 5.32 Å². The summed E-state index contributed by atoms with van der Waals surface area (Å²) in [6, 6.07) is 6.55. The van der Waals surface area contributed by atoms with Crippen LogP contribution in [-0.2, 0) is 0 Å². The highest BCUT2D eigenvalue weighted by Crippen LogP contribution is 2.26. The van der Waals surface area contributed by atoms with Crippen molar-refractivity contribution in [3.05, 3.63) is 29.3 Å². The van der Waals surface area contributed by atoms with Crippen molar-refractivity contribution in [2.45, 2.75) is 57.4 Å². The van der Waals surface area contributed by atoms with Gasteiger partial charge in [-0.15, -0.1) is 0 Å². The zero-order valence-corrected chi connectivity index (χ0v) is 13.1. The first-order valence-corrected chi connectivity index (χ1v) is 8.49. The lowest BCUT2D eigenvalue weighted by molar-refractivity contribution is 0.401. The molecule has 2 aliphatic carbocycles. The molecule has 0 spiro atoms. The molecule has 22 heavy (non-hydrogen) atoms. The molecule has 112 valence electrons. The lowest BCUT2D eigenvalue weighted by atomic mass is 9.86. The van der Waals surface area contributed by atoms with Gasteiger partial charge in [0.1, 0.15) is 7.85 Å². The normalized spacial score (nSPS) is 18.9. The number of benzene rings is 1. The molecule has 1 aromatic rings. The molecule has 0 unspecified atom stereocenters. The number of hydrogen-bond donors (Lipinski definition) is 2. The minimum atomic E-state index is 0.116. The summed E-state index contributed by atoms with van der Waals surface area (Å²) < 4.78 is 0. The van der Waals surface area contributed by atoms with E-state index in [0.29, 0.717) is 12.0 Å². The van der Waals surface area contributed by atoms with E-state index in [1.165, 1.54) is 51.4 Å². The standard InChI is InChI=1S/C19H23BN2/c20-19(21)17-13-15(10-9-14-5-4-6-14)11-12-18(17)22-16-7-2-1-3-8-16/h11-14,16,21-22H,1-8H2. The molecule has 3 heteroatoms. The SMILES string of the molecule is [B]C(=N)c1cc(C#CC2CCC2)ccc1NC1CCCCC1. The van der Waals surface area contributed by atoms with Gasteiger partial charge in [0.25, 0.3) is 0 Å². The van der Waals surface area contributed by atoms with Gasteiger partial charge in [0.05, 0.1) is 0 Å². The summed E-state index contributed by atoms with van der Waals surface area (Å²) in [5.74, 6) is 7.13. The third-order valence-electron chi connectivity index (χ3n) is 4.80. The summed E-state index contributed by atoms with van der Waals surface area (Å²) >= 11 is 0. The molecule has 2 fully saturated rings. The van der Waals surface area contributed by atoms with Crippen LogP contribution in [0.1, 0.15) is 62.5 Å². The van der Waals surface area contributed by atoms with Gasteiger partial charge in [0.2, 0.25) is 0 Å². The maximum absolute atomic E-state index is 7.84. The van der Waals surface area contributed by atoms with Crippen LogP contribution in [0.5, 0.6) is 0 Å². The van der Waals surface area contributed by atoms with Gasteiger partial charge in [-0.25, -0.2) is 0 Å². The zero-order valence-electron chi connectivity index (χ0n) is 13.1. The fourth-order valence-electron chi connectivity index (χ4n) is 3.18. The van der Waals surface area contributed by atoms with Crippen LogP contribution in [0.15, 0.2) is 18.2 Å². The second kappa shape index (κ2) is 7.05. The van der Waals surface area contributed by atoms with Crippen molar-refractivity contribution in [2.24, 2.45) is 5.92 Å². The Morgan fingerprint density at radius 3 is 2.50 bits per heavy atom. The minimum Gasteiger partial charge on any atom is -0.382 e. The van der Waals surface area contributed by atoms with Crippen molar-refractivity contribution in [3.8, 4) is 11.8 Å². The molecule has 0 heterocycles. The highest BCUT2D eigenvalue weighted by molar-refractivity contribution is 6.64. The van der Waals surface area contributed by atoms with E-state index in [9.17, 15) is 0 Å². The monoisotopic (exact) mass is 290 g/mol. The number of anilines is 1. The molecule has 0 aromatic heterocycles. The molecule has 2 saturated carbocycles. The van der Waals surface area contributed by atoms with Gasteiger partial charge in [-0.05, 0) is 49.5 Å². The molecule has 0 saturated heterocycles. The van der Waals surface area contributed by atoms with E-state index in [0.717, 1.165) is 16.8 Å². The number of nitrogens with one attached hydrogen (secondary N) is 2. The average Bonchev–Trinajstić information content (AvgIpc) is 2.48. The van der Waals surface area contributed by atoms with Crippen molar-refractivity contribution in [1.82, 2.24) is 0 Å². The number of rotatable bonds is 3. The van der Waals surface area contributed by atoms with Crippen LogP contribution in [0.4, 0.5) is 5.69 Å². The van der Waals surface area contributed by atoms with Crippen LogP contribution >= 0.6 is 0 Å². The maximum atomic E-state index is 7.84. The van der Waals surface area contributed by atoms with E-state index in [2.05, 4.69) is 17.2 Å². The Kier molecular flexibility index (Phi) is 4.88. The predicted molar refractivity (Wildman–Crippen MR) is 93.7 cm³/mol. The van der Waals surface area contributed by atoms with Crippen molar-refractivity contribution < 1.29 is 0 Å².